The highest BCUT2D eigenvalue weighted by atomic mass is 32.1. The molecule has 2 N–H and O–H groups in total. The van der Waals surface area contributed by atoms with Crippen LogP contribution in [0.5, 0.6) is 0 Å². The van der Waals surface area contributed by atoms with Gasteiger partial charge in [0.25, 0.3) is 5.56 Å². The highest BCUT2D eigenvalue weighted by Gasteiger charge is 2.51. The van der Waals surface area contributed by atoms with E-state index in [1.165, 1.54) is 11.3 Å². The number of thiophene rings is 1. The highest BCUT2D eigenvalue weighted by Crippen LogP contribution is 2.38. The zero-order valence-electron chi connectivity index (χ0n) is 16.2. The van der Waals surface area contributed by atoms with Crippen LogP contribution in [0.3, 0.4) is 0 Å². The van der Waals surface area contributed by atoms with E-state index >= 15 is 0 Å². The van der Waals surface area contributed by atoms with E-state index in [-0.39, 0.29) is 11.6 Å². The molecule has 29 heavy (non-hydrogen) atoms. The van der Waals surface area contributed by atoms with E-state index < -0.39 is 17.9 Å². The smallest absolute Gasteiger partial charge is 0.268 e. The summed E-state index contributed by atoms with van der Waals surface area (Å²) in [5.41, 5.74) is -0.357. The Morgan fingerprint density at radius 3 is 2.97 bits per heavy atom. The summed E-state index contributed by atoms with van der Waals surface area (Å²) in [5, 5.41) is 23.0. The molecule has 0 radical (unpaired) electrons. The van der Waals surface area contributed by atoms with Gasteiger partial charge in [0.15, 0.2) is 5.82 Å². The van der Waals surface area contributed by atoms with E-state index in [1.807, 2.05) is 24.3 Å². The van der Waals surface area contributed by atoms with Gasteiger partial charge in [-0.2, -0.15) is 0 Å². The third-order valence-electron chi connectivity index (χ3n) is 6.14. The molecule has 7 nitrogen and oxygen atoms in total. The molecule has 0 saturated carbocycles. The molecule has 9 heteroatoms. The zero-order valence-corrected chi connectivity index (χ0v) is 17.0. The van der Waals surface area contributed by atoms with Crippen molar-refractivity contribution in [1.82, 2.24) is 20.1 Å². The lowest BCUT2D eigenvalue weighted by Gasteiger charge is -2.42. The first-order valence-electron chi connectivity index (χ1n) is 9.65. The van der Waals surface area contributed by atoms with Gasteiger partial charge in [-0.1, -0.05) is 0 Å². The van der Waals surface area contributed by atoms with Crippen molar-refractivity contribution < 1.29 is 9.50 Å². The fraction of sp³-hybridized carbons (Fsp3) is 0.450. The van der Waals surface area contributed by atoms with Gasteiger partial charge in [-0.05, 0) is 37.1 Å². The van der Waals surface area contributed by atoms with Gasteiger partial charge in [0, 0.05) is 38.1 Å². The van der Waals surface area contributed by atoms with Crippen LogP contribution >= 0.6 is 11.3 Å². The van der Waals surface area contributed by atoms with Crippen molar-refractivity contribution in [2.45, 2.75) is 43.2 Å². The second-order valence-electron chi connectivity index (χ2n) is 8.05. The van der Waals surface area contributed by atoms with Crippen molar-refractivity contribution in [3.05, 3.63) is 40.8 Å². The SMILES string of the molecule is CN(c1ccc(-c2cc3ccn(C)c(=O)c3s2)nn1)[C@H]1CC2(O)CCC(N2)[C@H]1F. The third-order valence-corrected chi connectivity index (χ3v) is 7.30. The molecule has 2 bridgehead atoms. The Kier molecular flexibility index (Phi) is 4.23. The second kappa shape index (κ2) is 6.58. The number of nitrogens with zero attached hydrogens (tertiary/aromatic N) is 4. The van der Waals surface area contributed by atoms with Crippen LogP contribution in [0.4, 0.5) is 10.2 Å². The first-order chi connectivity index (χ1) is 13.8. The van der Waals surface area contributed by atoms with Gasteiger partial charge < -0.3 is 14.6 Å². The quantitative estimate of drug-likeness (QED) is 0.681. The largest absolute Gasteiger partial charge is 0.376 e. The molecule has 2 unspecified atom stereocenters. The maximum atomic E-state index is 14.9. The average Bonchev–Trinajstić information content (AvgIpc) is 3.30. The number of aryl methyl sites for hydroxylation is 1. The highest BCUT2D eigenvalue weighted by molar-refractivity contribution is 7.22. The monoisotopic (exact) mass is 415 g/mol. The van der Waals surface area contributed by atoms with Gasteiger partial charge in [-0.15, -0.1) is 21.5 Å². The lowest BCUT2D eigenvalue weighted by atomic mass is 9.94. The van der Waals surface area contributed by atoms with Crippen molar-refractivity contribution in [2.24, 2.45) is 7.05 Å². The number of aliphatic hydroxyl groups is 1. The fourth-order valence-electron chi connectivity index (χ4n) is 4.42. The number of hydrogen-bond donors (Lipinski definition) is 2. The molecule has 4 atom stereocenters. The Hall–Kier alpha value is -2.36. The number of halogens is 1. The van der Waals surface area contributed by atoms with E-state index in [0.29, 0.717) is 35.5 Å². The standard InChI is InChI=1S/C20H22FN5O2S/c1-25-8-6-11-9-15(29-18(11)19(25)27)12-3-4-16(24-23-12)26(2)14-10-20(28)7-5-13(22-20)17(14)21/h3-4,6,8-9,13-14,17,22,28H,5,7,10H2,1-2H3/t13?,14-,17+,20?/m0/s1. The topological polar surface area (TPSA) is 83.3 Å². The molecule has 2 fully saturated rings. The van der Waals surface area contributed by atoms with Crippen LogP contribution in [0.25, 0.3) is 20.7 Å². The third kappa shape index (κ3) is 3.04. The number of piperidine rings is 1. The summed E-state index contributed by atoms with van der Waals surface area (Å²) in [6.45, 7) is 0. The van der Waals surface area contributed by atoms with E-state index in [2.05, 4.69) is 15.5 Å². The molecule has 0 amide bonds. The van der Waals surface area contributed by atoms with Crippen molar-refractivity contribution in [3.8, 4) is 10.6 Å². The van der Waals surface area contributed by atoms with Crippen molar-refractivity contribution >= 4 is 27.2 Å². The second-order valence-corrected chi connectivity index (χ2v) is 9.10. The molecular weight excluding hydrogens is 393 g/mol. The molecule has 2 aliphatic heterocycles. The Balaban J connectivity index is 1.42. The summed E-state index contributed by atoms with van der Waals surface area (Å²) < 4.78 is 17.1. The molecule has 3 aromatic rings. The number of alkyl halides is 1. The van der Waals surface area contributed by atoms with Gasteiger partial charge in [-0.25, -0.2) is 4.39 Å². The van der Waals surface area contributed by atoms with Crippen molar-refractivity contribution in [2.75, 3.05) is 11.9 Å². The summed E-state index contributed by atoms with van der Waals surface area (Å²) in [4.78, 5) is 14.9. The summed E-state index contributed by atoms with van der Waals surface area (Å²) >= 11 is 1.39. The van der Waals surface area contributed by atoms with Gasteiger partial charge in [0.1, 0.15) is 22.3 Å². The van der Waals surface area contributed by atoms with E-state index in [0.717, 1.165) is 10.3 Å². The first-order valence-corrected chi connectivity index (χ1v) is 10.5. The number of rotatable bonds is 3. The Bertz CT molecular complexity index is 1130. The summed E-state index contributed by atoms with van der Waals surface area (Å²) in [6, 6.07) is 6.71. The molecule has 2 saturated heterocycles. The van der Waals surface area contributed by atoms with Crippen LogP contribution < -0.4 is 15.8 Å². The molecule has 0 aromatic carbocycles. The van der Waals surface area contributed by atoms with Crippen molar-refractivity contribution in [1.29, 1.82) is 0 Å². The van der Waals surface area contributed by atoms with Crippen molar-refractivity contribution in [3.63, 3.8) is 0 Å². The molecule has 3 aromatic heterocycles. The summed E-state index contributed by atoms with van der Waals surface area (Å²) in [7, 11) is 3.52. The van der Waals surface area contributed by atoms with Crippen LogP contribution in [0.1, 0.15) is 19.3 Å². The van der Waals surface area contributed by atoms with Gasteiger partial charge in [-0.3, -0.25) is 10.1 Å². The maximum Gasteiger partial charge on any atom is 0.268 e. The van der Waals surface area contributed by atoms with Crippen LogP contribution in [0.15, 0.2) is 35.3 Å². The minimum atomic E-state index is -1.08. The number of aromatic nitrogens is 3. The van der Waals surface area contributed by atoms with Crippen LogP contribution in [-0.2, 0) is 7.05 Å². The number of hydrogen-bond acceptors (Lipinski definition) is 7. The number of nitrogens with one attached hydrogen (secondary N) is 1. The van der Waals surface area contributed by atoms with E-state index in [9.17, 15) is 14.3 Å². The number of pyridine rings is 1. The molecule has 5 heterocycles. The van der Waals surface area contributed by atoms with E-state index in [1.54, 1.807) is 29.8 Å². The molecule has 0 aliphatic carbocycles. The Morgan fingerprint density at radius 2 is 2.21 bits per heavy atom. The predicted octanol–water partition coefficient (Wildman–Crippen LogP) is 2.04. The summed E-state index contributed by atoms with van der Waals surface area (Å²) in [6.07, 6.45) is 2.18. The van der Waals surface area contributed by atoms with Gasteiger partial charge in [0.05, 0.1) is 10.9 Å². The molecular formula is C20H22FN5O2S. The normalized spacial score (nSPS) is 28.8. The number of fused-ring (bicyclic) bond motifs is 3. The Labute approximate surface area is 170 Å². The molecule has 0 spiro atoms. The summed E-state index contributed by atoms with van der Waals surface area (Å²) in [5.74, 6) is 0.559. The lowest BCUT2D eigenvalue weighted by molar-refractivity contribution is -0.0288. The minimum Gasteiger partial charge on any atom is -0.376 e. The number of anilines is 1. The molecule has 152 valence electrons. The first kappa shape index (κ1) is 18.7. The van der Waals surface area contributed by atoms with Gasteiger partial charge >= 0.3 is 0 Å². The van der Waals surface area contributed by atoms with Crippen LogP contribution in [0.2, 0.25) is 0 Å². The zero-order chi connectivity index (χ0) is 20.3. The minimum absolute atomic E-state index is 0.0319. The Morgan fingerprint density at radius 1 is 1.38 bits per heavy atom. The van der Waals surface area contributed by atoms with Crippen LogP contribution in [0, 0.1) is 0 Å². The van der Waals surface area contributed by atoms with E-state index in [4.69, 9.17) is 0 Å². The lowest BCUT2D eigenvalue weighted by Crippen LogP contribution is -2.61. The molecule has 5 rings (SSSR count). The predicted molar refractivity (Wildman–Crippen MR) is 111 cm³/mol. The van der Waals surface area contributed by atoms with Gasteiger partial charge in [0.2, 0.25) is 0 Å². The molecule has 2 aliphatic rings. The fourth-order valence-corrected chi connectivity index (χ4v) is 5.51. The maximum absolute atomic E-state index is 14.9. The van der Waals surface area contributed by atoms with Crippen LogP contribution in [-0.4, -0.2) is 50.9 Å². The average molecular weight is 415 g/mol.